The monoisotopic (exact) mass is 418 g/mol. The molecule has 0 bridgehead atoms. The molecule has 2 aromatic carbocycles. The number of aryl methyl sites for hydroxylation is 2. The summed E-state index contributed by atoms with van der Waals surface area (Å²) in [5, 5.41) is 5.57. The number of hydrogen-bond acceptors (Lipinski definition) is 4. The van der Waals surface area contributed by atoms with Gasteiger partial charge in [-0.15, -0.1) is 0 Å². The van der Waals surface area contributed by atoms with E-state index < -0.39 is 0 Å². The number of carbonyl (C=O) groups is 2. The Labute approximate surface area is 181 Å². The molecule has 160 valence electrons. The fourth-order valence-corrected chi connectivity index (χ4v) is 3.04. The lowest BCUT2D eigenvalue weighted by Gasteiger charge is -2.11. The number of ether oxygens (including phenoxy) is 1. The van der Waals surface area contributed by atoms with Gasteiger partial charge in [-0.05, 0) is 61.7 Å². The molecule has 0 unspecified atom stereocenters. The summed E-state index contributed by atoms with van der Waals surface area (Å²) in [7, 11) is 1.64. The smallest absolute Gasteiger partial charge is 0.267 e. The molecule has 0 aliphatic rings. The molecule has 1 aromatic heterocycles. The van der Waals surface area contributed by atoms with Crippen molar-refractivity contribution in [3.05, 3.63) is 95.1 Å². The van der Waals surface area contributed by atoms with Crippen molar-refractivity contribution in [2.75, 3.05) is 13.7 Å². The summed E-state index contributed by atoms with van der Waals surface area (Å²) in [5.41, 5.74) is 2.74. The first-order valence-electron chi connectivity index (χ1n) is 10.1. The van der Waals surface area contributed by atoms with Crippen LogP contribution in [0.4, 0.5) is 0 Å². The zero-order chi connectivity index (χ0) is 22.1. The van der Waals surface area contributed by atoms with Crippen molar-refractivity contribution >= 4 is 17.9 Å². The molecule has 31 heavy (non-hydrogen) atoms. The van der Waals surface area contributed by atoms with Gasteiger partial charge in [0, 0.05) is 18.2 Å². The Hall–Kier alpha value is -3.80. The first-order valence-corrected chi connectivity index (χ1v) is 10.1. The lowest BCUT2D eigenvalue weighted by atomic mass is 10.1. The van der Waals surface area contributed by atoms with E-state index in [1.54, 1.807) is 37.4 Å². The third-order valence-corrected chi connectivity index (χ3v) is 4.69. The van der Waals surface area contributed by atoms with Crippen molar-refractivity contribution in [3.8, 4) is 5.75 Å². The van der Waals surface area contributed by atoms with Gasteiger partial charge < -0.3 is 19.8 Å². The average molecular weight is 418 g/mol. The molecule has 3 rings (SSSR count). The Balaban J connectivity index is 1.60. The number of amides is 2. The maximum absolute atomic E-state index is 12.7. The summed E-state index contributed by atoms with van der Waals surface area (Å²) in [5.74, 6) is 0.573. The van der Waals surface area contributed by atoms with Crippen LogP contribution in [0, 0.1) is 6.92 Å². The number of hydrogen-bond donors (Lipinski definition) is 2. The second-order valence-corrected chi connectivity index (χ2v) is 7.10. The molecular formula is C25H26N2O4. The van der Waals surface area contributed by atoms with E-state index in [9.17, 15) is 9.59 Å². The first-order chi connectivity index (χ1) is 15.0. The van der Waals surface area contributed by atoms with Gasteiger partial charge in [-0.3, -0.25) is 9.59 Å². The van der Waals surface area contributed by atoms with Gasteiger partial charge in [0.2, 0.25) is 0 Å². The highest BCUT2D eigenvalue weighted by Crippen LogP contribution is 2.13. The number of benzene rings is 2. The van der Waals surface area contributed by atoms with Gasteiger partial charge in [0.05, 0.1) is 13.4 Å². The van der Waals surface area contributed by atoms with Crippen molar-refractivity contribution in [2.24, 2.45) is 0 Å². The molecule has 0 atom stereocenters. The van der Waals surface area contributed by atoms with Crippen molar-refractivity contribution in [1.29, 1.82) is 0 Å². The predicted octanol–water partition coefficient (Wildman–Crippen LogP) is 4.12. The molecular weight excluding hydrogens is 392 g/mol. The van der Waals surface area contributed by atoms with Crippen LogP contribution in [0.25, 0.3) is 6.08 Å². The molecule has 2 N–H and O–H groups in total. The van der Waals surface area contributed by atoms with Crippen molar-refractivity contribution < 1.29 is 18.7 Å². The molecule has 2 amide bonds. The summed E-state index contributed by atoms with van der Waals surface area (Å²) >= 11 is 0. The summed E-state index contributed by atoms with van der Waals surface area (Å²) in [6.45, 7) is 2.38. The van der Waals surface area contributed by atoms with Crippen LogP contribution < -0.4 is 15.4 Å². The third-order valence-electron chi connectivity index (χ3n) is 4.69. The zero-order valence-corrected chi connectivity index (χ0v) is 17.7. The molecule has 0 aliphatic heterocycles. The molecule has 3 aromatic rings. The van der Waals surface area contributed by atoms with Gasteiger partial charge in [0.25, 0.3) is 11.8 Å². The lowest BCUT2D eigenvalue weighted by Crippen LogP contribution is -2.35. The molecule has 0 spiro atoms. The van der Waals surface area contributed by atoms with Crippen molar-refractivity contribution in [1.82, 2.24) is 10.6 Å². The van der Waals surface area contributed by atoms with Gasteiger partial charge >= 0.3 is 0 Å². The highest BCUT2D eigenvalue weighted by atomic mass is 16.5. The van der Waals surface area contributed by atoms with Gasteiger partial charge in [-0.1, -0.05) is 29.8 Å². The third kappa shape index (κ3) is 6.60. The molecule has 0 radical (unpaired) electrons. The van der Waals surface area contributed by atoms with Crippen LogP contribution in [0.2, 0.25) is 0 Å². The fourth-order valence-electron chi connectivity index (χ4n) is 3.04. The van der Waals surface area contributed by atoms with Gasteiger partial charge in [-0.2, -0.15) is 0 Å². The maximum Gasteiger partial charge on any atom is 0.267 e. The zero-order valence-electron chi connectivity index (χ0n) is 17.7. The Kier molecular flexibility index (Phi) is 7.65. The highest BCUT2D eigenvalue weighted by Gasteiger charge is 2.15. The van der Waals surface area contributed by atoms with Crippen LogP contribution in [-0.2, 0) is 11.2 Å². The van der Waals surface area contributed by atoms with E-state index in [4.69, 9.17) is 9.15 Å². The predicted molar refractivity (Wildman–Crippen MR) is 120 cm³/mol. The van der Waals surface area contributed by atoms with Gasteiger partial charge in [0.1, 0.15) is 17.2 Å². The lowest BCUT2D eigenvalue weighted by molar-refractivity contribution is -0.117. The minimum absolute atomic E-state index is 0.130. The largest absolute Gasteiger partial charge is 0.497 e. The number of methoxy groups -OCH3 is 1. The number of rotatable bonds is 9. The van der Waals surface area contributed by atoms with Crippen LogP contribution in [0.5, 0.6) is 5.75 Å². The van der Waals surface area contributed by atoms with Crippen LogP contribution in [-0.4, -0.2) is 25.5 Å². The Morgan fingerprint density at radius 2 is 1.87 bits per heavy atom. The van der Waals surface area contributed by atoms with E-state index in [0.717, 1.165) is 29.7 Å². The Bertz CT molecular complexity index is 1040. The molecule has 0 aliphatic carbocycles. The average Bonchev–Trinajstić information content (AvgIpc) is 3.29. The SMILES string of the molecule is COc1ccc(CCCNC(=O)/C(=C/c2ccco2)NC(=O)c2cccc(C)c2)cc1. The van der Waals surface area contributed by atoms with E-state index in [0.29, 0.717) is 17.9 Å². The van der Waals surface area contributed by atoms with E-state index in [1.807, 2.05) is 37.3 Å². The Morgan fingerprint density at radius 3 is 2.55 bits per heavy atom. The second kappa shape index (κ2) is 10.8. The van der Waals surface area contributed by atoms with Gasteiger partial charge in [-0.25, -0.2) is 0 Å². The van der Waals surface area contributed by atoms with E-state index >= 15 is 0 Å². The molecule has 1 heterocycles. The van der Waals surface area contributed by atoms with E-state index in [1.165, 1.54) is 12.3 Å². The minimum Gasteiger partial charge on any atom is -0.497 e. The van der Waals surface area contributed by atoms with Crippen molar-refractivity contribution in [3.63, 3.8) is 0 Å². The van der Waals surface area contributed by atoms with Crippen LogP contribution in [0.3, 0.4) is 0 Å². The summed E-state index contributed by atoms with van der Waals surface area (Å²) in [4.78, 5) is 25.4. The number of nitrogens with one attached hydrogen (secondary N) is 2. The maximum atomic E-state index is 12.7. The fraction of sp³-hybridized carbons (Fsp3) is 0.200. The second-order valence-electron chi connectivity index (χ2n) is 7.10. The normalized spacial score (nSPS) is 11.1. The number of carbonyl (C=O) groups excluding carboxylic acids is 2. The van der Waals surface area contributed by atoms with Crippen molar-refractivity contribution in [2.45, 2.75) is 19.8 Å². The molecule has 6 nitrogen and oxygen atoms in total. The first kappa shape index (κ1) is 21.9. The molecule has 0 saturated heterocycles. The minimum atomic E-state index is -0.368. The molecule has 0 saturated carbocycles. The van der Waals surface area contributed by atoms with E-state index in [-0.39, 0.29) is 17.5 Å². The van der Waals surface area contributed by atoms with Crippen LogP contribution in [0.1, 0.15) is 33.7 Å². The molecule has 6 heteroatoms. The summed E-state index contributed by atoms with van der Waals surface area (Å²) < 4.78 is 10.5. The standard InChI is InChI=1S/C25H26N2O4/c1-18-6-3-8-20(16-18)24(28)27-23(17-22-9-5-15-31-22)25(29)26-14-4-7-19-10-12-21(30-2)13-11-19/h3,5-6,8-13,15-17H,4,7,14H2,1-2H3,(H,26,29)(H,27,28)/b23-17-. The quantitative estimate of drug-likeness (QED) is 0.405. The highest BCUT2D eigenvalue weighted by molar-refractivity contribution is 6.05. The summed E-state index contributed by atoms with van der Waals surface area (Å²) in [6.07, 6.45) is 4.61. The topological polar surface area (TPSA) is 80.6 Å². The van der Waals surface area contributed by atoms with E-state index in [2.05, 4.69) is 10.6 Å². The van der Waals surface area contributed by atoms with Crippen LogP contribution in [0.15, 0.2) is 77.0 Å². The summed E-state index contributed by atoms with van der Waals surface area (Å²) in [6, 6.07) is 18.5. The van der Waals surface area contributed by atoms with Gasteiger partial charge in [0.15, 0.2) is 0 Å². The number of furan rings is 1. The molecule has 0 fully saturated rings. The van der Waals surface area contributed by atoms with Crippen LogP contribution >= 0.6 is 0 Å². The Morgan fingerprint density at radius 1 is 1.06 bits per heavy atom.